The Bertz CT molecular complexity index is 1520. The molecule has 0 aliphatic carbocycles. The molecule has 0 saturated carbocycles. The van der Waals surface area contributed by atoms with Gasteiger partial charge in [-0.3, -0.25) is 37.3 Å². The molecule has 5 atom stereocenters. The van der Waals surface area contributed by atoms with E-state index in [0.717, 1.165) is 103 Å². The summed E-state index contributed by atoms with van der Waals surface area (Å²) in [5.41, 5.74) is 0. The highest BCUT2D eigenvalue weighted by atomic mass is 31.2. The number of hydrogen-bond acceptors (Lipinski definition) is 15. The predicted octanol–water partition coefficient (Wildman–Crippen LogP) is 15.5. The van der Waals surface area contributed by atoms with Crippen molar-refractivity contribution in [3.8, 4) is 0 Å². The quantitative estimate of drug-likeness (QED) is 0.0222. The van der Waals surface area contributed by atoms with Gasteiger partial charge in [-0.25, -0.2) is 9.13 Å². The average molecular weight is 1140 g/mol. The maximum atomic E-state index is 12.9. The fourth-order valence-corrected chi connectivity index (χ4v) is 10.1. The third-order valence-electron chi connectivity index (χ3n) is 13.3. The van der Waals surface area contributed by atoms with E-state index in [2.05, 4.69) is 34.6 Å². The Balaban J connectivity index is 5.09. The summed E-state index contributed by atoms with van der Waals surface area (Å²) in [6, 6.07) is 0. The van der Waals surface area contributed by atoms with Crippen molar-refractivity contribution in [1.29, 1.82) is 0 Å². The molecule has 0 spiro atoms. The smallest absolute Gasteiger partial charge is 0.462 e. The van der Waals surface area contributed by atoms with Crippen molar-refractivity contribution in [1.82, 2.24) is 0 Å². The first-order valence-electron chi connectivity index (χ1n) is 30.6. The van der Waals surface area contributed by atoms with E-state index in [4.69, 9.17) is 37.0 Å². The fraction of sp³-hybridized carbons (Fsp3) is 0.931. The van der Waals surface area contributed by atoms with Crippen molar-refractivity contribution in [2.45, 2.75) is 303 Å². The first kappa shape index (κ1) is 75.1. The molecule has 0 radical (unpaired) electrons. The van der Waals surface area contributed by atoms with Crippen LogP contribution in [0.1, 0.15) is 285 Å². The van der Waals surface area contributed by atoms with Gasteiger partial charge in [0.05, 0.1) is 26.4 Å². The molecule has 0 aromatic rings. The molecular formula is C58H112O17P2. The molecule has 0 heterocycles. The van der Waals surface area contributed by atoms with Crippen LogP contribution in [0.2, 0.25) is 0 Å². The van der Waals surface area contributed by atoms with Gasteiger partial charge in [-0.05, 0) is 31.6 Å². The van der Waals surface area contributed by atoms with Crippen molar-refractivity contribution >= 4 is 39.5 Å². The zero-order valence-corrected chi connectivity index (χ0v) is 50.9. The number of esters is 4. The van der Waals surface area contributed by atoms with Gasteiger partial charge in [-0.15, -0.1) is 0 Å². The van der Waals surface area contributed by atoms with E-state index >= 15 is 0 Å². The number of aliphatic hydroxyl groups is 1. The summed E-state index contributed by atoms with van der Waals surface area (Å²) in [7, 11) is -9.85. The maximum Gasteiger partial charge on any atom is 0.472 e. The van der Waals surface area contributed by atoms with E-state index in [1.165, 1.54) is 96.3 Å². The molecule has 0 fully saturated rings. The van der Waals surface area contributed by atoms with Gasteiger partial charge in [-0.2, -0.15) is 0 Å². The van der Waals surface area contributed by atoms with Crippen LogP contribution in [-0.4, -0.2) is 96.7 Å². The molecule has 2 unspecified atom stereocenters. The zero-order chi connectivity index (χ0) is 57.1. The molecule has 77 heavy (non-hydrogen) atoms. The van der Waals surface area contributed by atoms with Crippen LogP contribution in [-0.2, 0) is 65.4 Å². The fourth-order valence-electron chi connectivity index (χ4n) is 8.52. The van der Waals surface area contributed by atoms with Crippen LogP contribution in [0.4, 0.5) is 0 Å². The van der Waals surface area contributed by atoms with E-state index in [1.807, 2.05) is 0 Å². The second-order valence-electron chi connectivity index (χ2n) is 21.5. The Morgan fingerprint density at radius 1 is 0.351 bits per heavy atom. The Kier molecular flexibility index (Phi) is 50.8. The van der Waals surface area contributed by atoms with Gasteiger partial charge in [0.15, 0.2) is 12.2 Å². The third-order valence-corrected chi connectivity index (χ3v) is 15.2. The van der Waals surface area contributed by atoms with Gasteiger partial charge in [0, 0.05) is 25.7 Å². The largest absolute Gasteiger partial charge is 0.472 e. The van der Waals surface area contributed by atoms with Crippen LogP contribution >= 0.6 is 15.6 Å². The Hall–Kier alpha value is -1.94. The van der Waals surface area contributed by atoms with Gasteiger partial charge in [0.2, 0.25) is 0 Å². The van der Waals surface area contributed by atoms with E-state index in [-0.39, 0.29) is 25.7 Å². The number of carbonyl (C=O) groups is 4. The summed E-state index contributed by atoms with van der Waals surface area (Å²) in [5, 5.41) is 10.4. The van der Waals surface area contributed by atoms with Crippen molar-refractivity contribution < 1.29 is 80.2 Å². The van der Waals surface area contributed by atoms with Crippen LogP contribution in [0, 0.1) is 5.92 Å². The first-order valence-corrected chi connectivity index (χ1v) is 33.6. The molecule has 17 nitrogen and oxygen atoms in total. The predicted molar refractivity (Wildman–Crippen MR) is 303 cm³/mol. The number of hydrogen-bond donors (Lipinski definition) is 3. The third kappa shape index (κ3) is 53.2. The topological polar surface area (TPSA) is 237 Å². The molecule has 0 rings (SSSR count). The molecule has 0 amide bonds. The Morgan fingerprint density at radius 3 is 0.883 bits per heavy atom. The number of aliphatic hydroxyl groups excluding tert-OH is 1. The lowest BCUT2D eigenvalue weighted by molar-refractivity contribution is -0.161. The summed E-state index contributed by atoms with van der Waals surface area (Å²) in [6.45, 7) is 6.91. The van der Waals surface area contributed by atoms with Crippen LogP contribution < -0.4 is 0 Å². The molecule has 0 aliphatic heterocycles. The van der Waals surface area contributed by atoms with Crippen molar-refractivity contribution in [3.05, 3.63) is 0 Å². The number of carbonyl (C=O) groups excluding carboxylic acids is 4. The summed E-state index contributed by atoms with van der Waals surface area (Å²) in [5.74, 6) is -1.46. The van der Waals surface area contributed by atoms with Gasteiger partial charge >= 0.3 is 39.5 Å². The highest BCUT2D eigenvalue weighted by molar-refractivity contribution is 7.47. The maximum absolute atomic E-state index is 12.9. The lowest BCUT2D eigenvalue weighted by Crippen LogP contribution is -2.30. The van der Waals surface area contributed by atoms with E-state index < -0.39 is 97.5 Å². The molecule has 0 aliphatic rings. The molecule has 19 heteroatoms. The number of phosphoric acid groups is 2. The second-order valence-corrected chi connectivity index (χ2v) is 24.4. The van der Waals surface area contributed by atoms with Crippen LogP contribution in [0.3, 0.4) is 0 Å². The monoisotopic (exact) mass is 1140 g/mol. The van der Waals surface area contributed by atoms with Crippen LogP contribution in [0.5, 0.6) is 0 Å². The lowest BCUT2D eigenvalue weighted by Gasteiger charge is -2.21. The van der Waals surface area contributed by atoms with E-state index in [0.29, 0.717) is 31.6 Å². The van der Waals surface area contributed by atoms with E-state index in [1.54, 1.807) is 0 Å². The highest BCUT2D eigenvalue weighted by Crippen LogP contribution is 2.45. The lowest BCUT2D eigenvalue weighted by atomic mass is 10.0. The van der Waals surface area contributed by atoms with Crippen LogP contribution in [0.25, 0.3) is 0 Å². The summed E-state index contributed by atoms with van der Waals surface area (Å²) < 4.78 is 67.3. The van der Waals surface area contributed by atoms with Gasteiger partial charge in [-0.1, -0.05) is 234 Å². The second kappa shape index (κ2) is 52.2. The highest BCUT2D eigenvalue weighted by Gasteiger charge is 2.30. The normalized spacial score (nSPS) is 14.4. The van der Waals surface area contributed by atoms with Crippen molar-refractivity contribution in [2.75, 3.05) is 39.6 Å². The number of ether oxygens (including phenoxy) is 4. The average Bonchev–Trinajstić information content (AvgIpc) is 3.39. The zero-order valence-electron chi connectivity index (χ0n) is 49.1. The van der Waals surface area contributed by atoms with Crippen molar-refractivity contribution in [2.24, 2.45) is 5.92 Å². The van der Waals surface area contributed by atoms with Gasteiger partial charge in [0.25, 0.3) is 0 Å². The molecule has 3 N–H and O–H groups in total. The van der Waals surface area contributed by atoms with Gasteiger partial charge < -0.3 is 33.8 Å². The molecular weight excluding hydrogens is 1030 g/mol. The van der Waals surface area contributed by atoms with E-state index in [9.17, 15) is 43.2 Å². The minimum atomic E-state index is -4.93. The standard InChI is InChI=1S/C58H112O17P2/c1-6-9-12-15-16-17-18-19-20-21-22-23-24-25-28-34-39-44-58(63)75-54(48-69-56(61)42-37-33-29-26-27-32-35-40-51(4)5)50-73-77(66,67)71-46-52(59)45-70-76(64,65)72-49-53(74-57(62)43-38-31-14-11-8-3)47-68-55(60)41-36-30-13-10-7-2/h51-54,59H,6-50H2,1-5H3,(H,64,65)(H,66,67)/t52-,53+,54+/m0/s1. The Morgan fingerprint density at radius 2 is 0.597 bits per heavy atom. The van der Waals surface area contributed by atoms with Crippen LogP contribution in [0.15, 0.2) is 0 Å². The number of unbranched alkanes of at least 4 members (excludes halogenated alkanes) is 30. The molecule has 456 valence electrons. The summed E-state index contributed by atoms with van der Waals surface area (Å²) >= 11 is 0. The molecule has 0 aromatic heterocycles. The molecule has 0 bridgehead atoms. The number of rotatable bonds is 58. The molecule has 0 saturated heterocycles. The SMILES string of the molecule is CCCCCCCCCCCCCCCCCCCC(=O)O[C@H](COC(=O)CCCCCCCCCC(C)C)COP(=O)(O)OC[C@@H](O)COP(=O)(O)OC[C@@H](COC(=O)CCCCCCC)OC(=O)CCCCCCC. The first-order chi connectivity index (χ1) is 37.0. The van der Waals surface area contributed by atoms with Gasteiger partial charge in [0.1, 0.15) is 19.3 Å². The number of phosphoric ester groups is 2. The van der Waals surface area contributed by atoms with Crippen molar-refractivity contribution in [3.63, 3.8) is 0 Å². The minimum absolute atomic E-state index is 0.0987. The Labute approximate surface area is 467 Å². The summed E-state index contributed by atoms with van der Waals surface area (Å²) in [6.07, 6.45) is 34.4. The molecule has 0 aromatic carbocycles. The minimum Gasteiger partial charge on any atom is -0.462 e. The summed E-state index contributed by atoms with van der Waals surface area (Å²) in [4.78, 5) is 71.4.